The van der Waals surface area contributed by atoms with Crippen LogP contribution in [0.15, 0.2) is 22.7 Å². The number of rotatable bonds is 3. The summed E-state index contributed by atoms with van der Waals surface area (Å²) in [6.45, 7) is 5.19. The van der Waals surface area contributed by atoms with Gasteiger partial charge in [-0.25, -0.2) is 0 Å². The van der Waals surface area contributed by atoms with Crippen molar-refractivity contribution in [3.05, 3.63) is 28.2 Å². The number of halogens is 1. The van der Waals surface area contributed by atoms with Crippen LogP contribution in [0.25, 0.3) is 0 Å². The third-order valence-electron chi connectivity index (χ3n) is 3.61. The van der Waals surface area contributed by atoms with Crippen molar-refractivity contribution in [2.75, 3.05) is 11.4 Å². The topological polar surface area (TPSA) is 23.5 Å². The van der Waals surface area contributed by atoms with E-state index in [1.165, 1.54) is 24.9 Å². The molecule has 2 nitrogen and oxygen atoms in total. The fourth-order valence-electron chi connectivity index (χ4n) is 2.59. The van der Waals surface area contributed by atoms with Crippen LogP contribution >= 0.6 is 15.9 Å². The Balaban J connectivity index is 2.27. The molecule has 1 aromatic rings. The standard InChI is InChI=1S/C14H20BrNO/c1-3-12-5-4-8-16(12)14-7-6-11(10(2)17)9-13(14)15/h6-7,9-10,12,17H,3-5,8H2,1-2H3/t10-,12?/m1/s1. The second-order valence-corrected chi connectivity index (χ2v) is 5.64. The summed E-state index contributed by atoms with van der Waals surface area (Å²) in [5.74, 6) is 0. The quantitative estimate of drug-likeness (QED) is 0.915. The van der Waals surface area contributed by atoms with E-state index in [1.54, 1.807) is 6.92 Å². The Morgan fingerprint density at radius 1 is 1.53 bits per heavy atom. The zero-order chi connectivity index (χ0) is 12.4. The average molecular weight is 298 g/mol. The summed E-state index contributed by atoms with van der Waals surface area (Å²) in [5, 5.41) is 9.57. The molecule has 1 saturated heterocycles. The molecule has 1 heterocycles. The highest BCUT2D eigenvalue weighted by molar-refractivity contribution is 9.10. The molecule has 0 saturated carbocycles. The van der Waals surface area contributed by atoms with Crippen molar-refractivity contribution in [1.29, 1.82) is 0 Å². The molecule has 0 aliphatic carbocycles. The van der Waals surface area contributed by atoms with E-state index in [9.17, 15) is 5.11 Å². The van der Waals surface area contributed by atoms with E-state index in [4.69, 9.17) is 0 Å². The fraction of sp³-hybridized carbons (Fsp3) is 0.571. The van der Waals surface area contributed by atoms with Crippen LogP contribution in [0.5, 0.6) is 0 Å². The highest BCUT2D eigenvalue weighted by Gasteiger charge is 2.24. The SMILES string of the molecule is CCC1CCCN1c1ccc([C@@H](C)O)cc1Br. The van der Waals surface area contributed by atoms with Crippen LogP contribution in [0.4, 0.5) is 5.69 Å². The Morgan fingerprint density at radius 2 is 2.29 bits per heavy atom. The predicted molar refractivity (Wildman–Crippen MR) is 75.4 cm³/mol. The summed E-state index contributed by atoms with van der Waals surface area (Å²) in [6.07, 6.45) is 3.37. The van der Waals surface area contributed by atoms with Gasteiger partial charge in [0.15, 0.2) is 0 Å². The molecular formula is C14H20BrNO. The number of anilines is 1. The molecule has 1 N–H and O–H groups in total. The van der Waals surface area contributed by atoms with Crippen LogP contribution in [-0.4, -0.2) is 17.7 Å². The molecule has 0 amide bonds. The van der Waals surface area contributed by atoms with Crippen LogP contribution in [0.3, 0.4) is 0 Å². The molecule has 0 radical (unpaired) electrons. The zero-order valence-electron chi connectivity index (χ0n) is 10.5. The normalized spacial score (nSPS) is 21.9. The van der Waals surface area contributed by atoms with E-state index < -0.39 is 6.10 Å². The maximum absolute atomic E-state index is 9.57. The molecule has 1 aliphatic rings. The molecule has 2 rings (SSSR count). The minimum atomic E-state index is -0.402. The first kappa shape index (κ1) is 12.9. The summed E-state index contributed by atoms with van der Waals surface area (Å²) >= 11 is 3.63. The van der Waals surface area contributed by atoms with E-state index in [0.29, 0.717) is 6.04 Å². The third-order valence-corrected chi connectivity index (χ3v) is 4.25. The lowest BCUT2D eigenvalue weighted by atomic mass is 10.1. The lowest BCUT2D eigenvalue weighted by molar-refractivity contribution is 0.199. The zero-order valence-corrected chi connectivity index (χ0v) is 12.1. The lowest BCUT2D eigenvalue weighted by Crippen LogP contribution is -2.28. The summed E-state index contributed by atoms with van der Waals surface area (Å²) in [6, 6.07) is 6.85. The van der Waals surface area contributed by atoms with Gasteiger partial charge >= 0.3 is 0 Å². The lowest BCUT2D eigenvalue weighted by Gasteiger charge is -2.27. The van der Waals surface area contributed by atoms with E-state index in [1.807, 2.05) is 12.1 Å². The Kier molecular flexibility index (Phi) is 4.10. The highest BCUT2D eigenvalue weighted by Crippen LogP contribution is 2.34. The number of aliphatic hydroxyl groups is 1. The molecule has 2 atom stereocenters. The molecule has 0 bridgehead atoms. The Bertz CT molecular complexity index is 392. The first-order valence-corrected chi connectivity index (χ1v) is 7.17. The summed E-state index contributed by atoms with van der Waals surface area (Å²) in [5.41, 5.74) is 2.23. The largest absolute Gasteiger partial charge is 0.389 e. The van der Waals surface area contributed by atoms with E-state index in [-0.39, 0.29) is 0 Å². The molecule has 0 spiro atoms. The van der Waals surface area contributed by atoms with Crippen LogP contribution in [-0.2, 0) is 0 Å². The molecule has 94 valence electrons. The monoisotopic (exact) mass is 297 g/mol. The van der Waals surface area contributed by atoms with Crippen molar-refractivity contribution in [2.24, 2.45) is 0 Å². The van der Waals surface area contributed by atoms with Crippen LogP contribution in [0.1, 0.15) is 44.8 Å². The van der Waals surface area contributed by atoms with Gasteiger partial charge in [0.2, 0.25) is 0 Å². The molecule has 1 aromatic carbocycles. The first-order chi connectivity index (χ1) is 8.13. The molecule has 0 aromatic heterocycles. The number of hydrogen-bond acceptors (Lipinski definition) is 2. The average Bonchev–Trinajstić information content (AvgIpc) is 2.76. The van der Waals surface area contributed by atoms with Crippen molar-refractivity contribution in [2.45, 2.75) is 45.3 Å². The van der Waals surface area contributed by atoms with Gasteiger partial charge in [-0.05, 0) is 59.8 Å². The number of nitrogens with zero attached hydrogens (tertiary/aromatic N) is 1. The van der Waals surface area contributed by atoms with Gasteiger partial charge < -0.3 is 10.0 Å². The Labute approximate surface area is 112 Å². The molecule has 3 heteroatoms. The van der Waals surface area contributed by atoms with Gasteiger partial charge in [0.1, 0.15) is 0 Å². The van der Waals surface area contributed by atoms with Crippen LogP contribution in [0.2, 0.25) is 0 Å². The summed E-state index contributed by atoms with van der Waals surface area (Å²) < 4.78 is 1.09. The van der Waals surface area contributed by atoms with Gasteiger partial charge in [0.05, 0.1) is 11.8 Å². The van der Waals surface area contributed by atoms with Crippen molar-refractivity contribution in [3.63, 3.8) is 0 Å². The molecule has 17 heavy (non-hydrogen) atoms. The van der Waals surface area contributed by atoms with E-state index in [0.717, 1.165) is 16.6 Å². The molecular weight excluding hydrogens is 278 g/mol. The Morgan fingerprint density at radius 3 is 2.88 bits per heavy atom. The van der Waals surface area contributed by atoms with Crippen molar-refractivity contribution in [1.82, 2.24) is 0 Å². The number of benzene rings is 1. The van der Waals surface area contributed by atoms with Crippen LogP contribution < -0.4 is 4.90 Å². The Hall–Kier alpha value is -0.540. The minimum absolute atomic E-state index is 0.402. The number of hydrogen-bond donors (Lipinski definition) is 1. The van der Waals surface area contributed by atoms with Crippen LogP contribution in [0, 0.1) is 0 Å². The predicted octanol–water partition coefficient (Wildman–Crippen LogP) is 3.88. The minimum Gasteiger partial charge on any atom is -0.389 e. The maximum Gasteiger partial charge on any atom is 0.0762 e. The second kappa shape index (κ2) is 5.40. The van der Waals surface area contributed by atoms with E-state index in [2.05, 4.69) is 33.8 Å². The van der Waals surface area contributed by atoms with Gasteiger partial charge in [-0.2, -0.15) is 0 Å². The van der Waals surface area contributed by atoms with Crippen molar-refractivity contribution in [3.8, 4) is 0 Å². The number of aliphatic hydroxyl groups excluding tert-OH is 1. The fourth-order valence-corrected chi connectivity index (χ4v) is 3.22. The maximum atomic E-state index is 9.57. The molecule has 1 aliphatic heterocycles. The second-order valence-electron chi connectivity index (χ2n) is 4.78. The van der Waals surface area contributed by atoms with Gasteiger partial charge in [-0.3, -0.25) is 0 Å². The van der Waals surface area contributed by atoms with Crippen molar-refractivity contribution < 1.29 is 5.11 Å². The molecule has 1 unspecified atom stereocenters. The summed E-state index contributed by atoms with van der Waals surface area (Å²) in [4.78, 5) is 2.48. The van der Waals surface area contributed by atoms with Gasteiger partial charge in [-0.1, -0.05) is 13.0 Å². The summed E-state index contributed by atoms with van der Waals surface area (Å²) in [7, 11) is 0. The van der Waals surface area contributed by atoms with Gasteiger partial charge in [-0.15, -0.1) is 0 Å². The highest BCUT2D eigenvalue weighted by atomic mass is 79.9. The van der Waals surface area contributed by atoms with Gasteiger partial charge in [0.25, 0.3) is 0 Å². The van der Waals surface area contributed by atoms with Gasteiger partial charge in [0, 0.05) is 17.1 Å². The first-order valence-electron chi connectivity index (χ1n) is 6.37. The van der Waals surface area contributed by atoms with E-state index >= 15 is 0 Å². The molecule has 1 fully saturated rings. The van der Waals surface area contributed by atoms with Crippen molar-refractivity contribution >= 4 is 21.6 Å². The third kappa shape index (κ3) is 2.66. The smallest absolute Gasteiger partial charge is 0.0762 e.